The second kappa shape index (κ2) is 4.84. The molecule has 0 unspecified atom stereocenters. The van der Waals surface area contributed by atoms with E-state index in [2.05, 4.69) is 31.6 Å². The monoisotopic (exact) mass is 297 g/mol. The van der Waals surface area contributed by atoms with Gasteiger partial charge in [0.05, 0.1) is 6.54 Å². The fourth-order valence-corrected chi connectivity index (χ4v) is 2.69. The van der Waals surface area contributed by atoms with Crippen molar-refractivity contribution in [1.29, 1.82) is 0 Å². The molecular formula is C11H12BrN3S. The molecule has 0 bridgehead atoms. The first-order valence-electron chi connectivity index (χ1n) is 4.84. The summed E-state index contributed by atoms with van der Waals surface area (Å²) < 4.78 is 1.13. The molecule has 16 heavy (non-hydrogen) atoms. The van der Waals surface area contributed by atoms with Gasteiger partial charge in [0.2, 0.25) is 0 Å². The highest BCUT2D eigenvalue weighted by Crippen LogP contribution is 2.23. The Hall–Kier alpha value is -1.07. The molecule has 0 saturated carbocycles. The van der Waals surface area contributed by atoms with Crippen LogP contribution in [0, 0.1) is 6.92 Å². The van der Waals surface area contributed by atoms with Crippen LogP contribution in [0.25, 0.3) is 0 Å². The molecule has 0 radical (unpaired) electrons. The van der Waals surface area contributed by atoms with Crippen LogP contribution in [-0.4, -0.2) is 4.98 Å². The van der Waals surface area contributed by atoms with E-state index in [-0.39, 0.29) is 0 Å². The number of hydrogen-bond donors (Lipinski definition) is 2. The van der Waals surface area contributed by atoms with Crippen LogP contribution in [0.2, 0.25) is 0 Å². The molecule has 0 fully saturated rings. The Morgan fingerprint density at radius 3 is 3.00 bits per heavy atom. The van der Waals surface area contributed by atoms with Crippen LogP contribution in [0.5, 0.6) is 0 Å². The van der Waals surface area contributed by atoms with Crippen LogP contribution in [0.15, 0.2) is 28.2 Å². The number of pyridine rings is 1. The molecule has 0 aliphatic heterocycles. The molecule has 2 aromatic heterocycles. The van der Waals surface area contributed by atoms with E-state index in [1.807, 2.05) is 19.1 Å². The molecule has 84 valence electrons. The summed E-state index contributed by atoms with van der Waals surface area (Å²) in [6.45, 7) is 2.70. The summed E-state index contributed by atoms with van der Waals surface area (Å²) in [4.78, 5) is 5.52. The Kier molecular flexibility index (Phi) is 3.46. The summed E-state index contributed by atoms with van der Waals surface area (Å²) in [7, 11) is 0. The van der Waals surface area contributed by atoms with Gasteiger partial charge < -0.3 is 11.1 Å². The van der Waals surface area contributed by atoms with Gasteiger partial charge in [-0.1, -0.05) is 0 Å². The fourth-order valence-electron chi connectivity index (χ4n) is 1.26. The lowest BCUT2D eigenvalue weighted by Gasteiger charge is -2.06. The van der Waals surface area contributed by atoms with Crippen LogP contribution in [0.4, 0.5) is 11.5 Å². The van der Waals surface area contributed by atoms with Crippen molar-refractivity contribution in [3.8, 4) is 0 Å². The van der Waals surface area contributed by atoms with Gasteiger partial charge in [-0.15, -0.1) is 11.3 Å². The molecule has 2 heterocycles. The van der Waals surface area contributed by atoms with Crippen molar-refractivity contribution >= 4 is 38.8 Å². The maximum atomic E-state index is 5.81. The van der Waals surface area contributed by atoms with Gasteiger partial charge in [-0.3, -0.25) is 0 Å². The molecule has 0 aliphatic carbocycles. The molecule has 3 N–H and O–H groups in total. The van der Waals surface area contributed by atoms with E-state index in [0.717, 1.165) is 28.1 Å². The predicted octanol–water partition coefficient (Wildman–Crippen LogP) is 3.41. The molecule has 2 aromatic rings. The standard InChI is InChI=1S/C11H12BrN3S/c1-7-5-14-11(4-9(7)13)15-6-10-8(12)2-3-16-10/h2-5H,6H2,1H3,(H3,13,14,15). The number of halogens is 1. The van der Waals surface area contributed by atoms with Gasteiger partial charge in [-0.05, 0) is 39.9 Å². The minimum absolute atomic E-state index is 0.758. The first-order chi connectivity index (χ1) is 7.66. The van der Waals surface area contributed by atoms with Crippen molar-refractivity contribution < 1.29 is 0 Å². The molecule has 3 nitrogen and oxygen atoms in total. The first-order valence-corrected chi connectivity index (χ1v) is 6.52. The number of hydrogen-bond acceptors (Lipinski definition) is 4. The largest absolute Gasteiger partial charge is 0.398 e. The minimum Gasteiger partial charge on any atom is -0.398 e. The minimum atomic E-state index is 0.758. The highest BCUT2D eigenvalue weighted by Gasteiger charge is 2.02. The number of rotatable bonds is 3. The van der Waals surface area contributed by atoms with E-state index >= 15 is 0 Å². The summed E-state index contributed by atoms with van der Waals surface area (Å²) in [5, 5.41) is 5.30. The molecule has 0 atom stereocenters. The number of nitrogens with two attached hydrogens (primary N) is 1. The number of nitrogens with zero attached hydrogens (tertiary/aromatic N) is 1. The van der Waals surface area contributed by atoms with Crippen molar-refractivity contribution in [3.05, 3.63) is 38.6 Å². The summed E-state index contributed by atoms with van der Waals surface area (Å²) in [5.41, 5.74) is 7.58. The van der Waals surface area contributed by atoms with Gasteiger partial charge in [0.15, 0.2) is 0 Å². The van der Waals surface area contributed by atoms with Crippen molar-refractivity contribution in [3.63, 3.8) is 0 Å². The van der Waals surface area contributed by atoms with Crippen molar-refractivity contribution in [2.45, 2.75) is 13.5 Å². The fraction of sp³-hybridized carbons (Fsp3) is 0.182. The Morgan fingerprint density at radius 2 is 2.38 bits per heavy atom. The lowest BCUT2D eigenvalue weighted by molar-refractivity contribution is 1.13. The third-order valence-electron chi connectivity index (χ3n) is 2.27. The molecule has 5 heteroatoms. The third-order valence-corrected chi connectivity index (χ3v) is 4.19. The Labute approximate surface area is 107 Å². The number of aryl methyl sites for hydroxylation is 1. The SMILES string of the molecule is Cc1cnc(NCc2sccc2Br)cc1N. The Morgan fingerprint density at radius 1 is 1.56 bits per heavy atom. The second-order valence-corrected chi connectivity index (χ2v) is 5.33. The molecule has 0 amide bonds. The Bertz CT molecular complexity index is 496. The summed E-state index contributed by atoms with van der Waals surface area (Å²) >= 11 is 5.20. The van der Waals surface area contributed by atoms with E-state index in [1.54, 1.807) is 17.5 Å². The number of thiophene rings is 1. The molecule has 0 aromatic carbocycles. The number of nitrogen functional groups attached to an aromatic ring is 1. The smallest absolute Gasteiger partial charge is 0.128 e. The van der Waals surface area contributed by atoms with Gasteiger partial charge in [0, 0.05) is 27.3 Å². The average Bonchev–Trinajstić information content (AvgIpc) is 2.66. The predicted molar refractivity (Wildman–Crippen MR) is 72.7 cm³/mol. The van der Waals surface area contributed by atoms with Gasteiger partial charge in [0.1, 0.15) is 5.82 Å². The van der Waals surface area contributed by atoms with Gasteiger partial charge in [0.25, 0.3) is 0 Å². The van der Waals surface area contributed by atoms with Crippen molar-refractivity contribution in [2.24, 2.45) is 0 Å². The van der Waals surface area contributed by atoms with Crippen LogP contribution >= 0.6 is 27.3 Å². The molecular weight excluding hydrogens is 286 g/mol. The average molecular weight is 298 g/mol. The van der Waals surface area contributed by atoms with Crippen molar-refractivity contribution in [2.75, 3.05) is 11.1 Å². The second-order valence-electron chi connectivity index (χ2n) is 3.47. The van der Waals surface area contributed by atoms with E-state index in [0.29, 0.717) is 0 Å². The quantitative estimate of drug-likeness (QED) is 0.913. The first kappa shape index (κ1) is 11.4. The topological polar surface area (TPSA) is 50.9 Å². The third kappa shape index (κ3) is 2.54. The van der Waals surface area contributed by atoms with Gasteiger partial charge >= 0.3 is 0 Å². The zero-order valence-corrected chi connectivity index (χ0v) is 11.2. The maximum Gasteiger partial charge on any atom is 0.128 e. The zero-order chi connectivity index (χ0) is 11.5. The zero-order valence-electron chi connectivity index (χ0n) is 8.83. The van der Waals surface area contributed by atoms with Crippen LogP contribution in [0.3, 0.4) is 0 Å². The van der Waals surface area contributed by atoms with Crippen LogP contribution < -0.4 is 11.1 Å². The lowest BCUT2D eigenvalue weighted by atomic mass is 10.2. The van der Waals surface area contributed by atoms with Crippen molar-refractivity contribution in [1.82, 2.24) is 4.98 Å². The highest BCUT2D eigenvalue weighted by molar-refractivity contribution is 9.10. The number of nitrogens with one attached hydrogen (secondary N) is 1. The maximum absolute atomic E-state index is 5.81. The van der Waals surface area contributed by atoms with E-state index < -0.39 is 0 Å². The normalized spacial score (nSPS) is 10.4. The molecule has 0 saturated heterocycles. The summed E-state index contributed by atoms with van der Waals surface area (Å²) in [6, 6.07) is 3.90. The highest BCUT2D eigenvalue weighted by atomic mass is 79.9. The summed E-state index contributed by atoms with van der Waals surface area (Å²) in [6.07, 6.45) is 1.78. The van der Waals surface area contributed by atoms with Crippen LogP contribution in [-0.2, 0) is 6.54 Å². The molecule has 2 rings (SSSR count). The lowest BCUT2D eigenvalue weighted by Crippen LogP contribution is -2.01. The number of aromatic nitrogens is 1. The summed E-state index contributed by atoms with van der Waals surface area (Å²) in [5.74, 6) is 0.809. The van der Waals surface area contributed by atoms with Gasteiger partial charge in [-0.2, -0.15) is 0 Å². The van der Waals surface area contributed by atoms with Crippen LogP contribution in [0.1, 0.15) is 10.4 Å². The van der Waals surface area contributed by atoms with E-state index in [1.165, 1.54) is 4.88 Å². The molecule has 0 spiro atoms. The van der Waals surface area contributed by atoms with Gasteiger partial charge in [-0.25, -0.2) is 4.98 Å². The Balaban J connectivity index is 2.05. The van der Waals surface area contributed by atoms with E-state index in [9.17, 15) is 0 Å². The number of anilines is 2. The van der Waals surface area contributed by atoms with E-state index in [4.69, 9.17) is 5.73 Å². The molecule has 0 aliphatic rings.